The maximum absolute atomic E-state index is 3.65. The molecule has 0 radical (unpaired) electrons. The minimum absolute atomic E-state index is 1.21. The van der Waals surface area contributed by atoms with Crippen LogP contribution in [0.4, 0.5) is 0 Å². The number of rotatable bonds is 2. The molecule has 0 unspecified atom stereocenters. The summed E-state index contributed by atoms with van der Waals surface area (Å²) in [5, 5.41) is 0. The fourth-order valence-electron chi connectivity index (χ4n) is 1.70. The van der Waals surface area contributed by atoms with Gasteiger partial charge in [-0.2, -0.15) is 0 Å². The summed E-state index contributed by atoms with van der Waals surface area (Å²) >= 11 is 0. The van der Waals surface area contributed by atoms with Gasteiger partial charge in [0, 0.05) is 0 Å². The van der Waals surface area contributed by atoms with Crippen LogP contribution in [-0.4, -0.2) is 0 Å². The van der Waals surface area contributed by atoms with Crippen LogP contribution in [0.2, 0.25) is 0 Å². The number of hydrogen-bond donors (Lipinski definition) is 0. The highest BCUT2D eigenvalue weighted by atomic mass is 13.9. The summed E-state index contributed by atoms with van der Waals surface area (Å²) in [6, 6.07) is 6.56. The third-order valence-corrected chi connectivity index (χ3v) is 2.60. The third-order valence-electron chi connectivity index (χ3n) is 2.60. The lowest BCUT2D eigenvalue weighted by Crippen LogP contribution is -1.78. The lowest BCUT2D eigenvalue weighted by atomic mass is 10.1. The molecule has 0 nitrogen and oxygen atoms in total. The average molecular weight is 242 g/mol. The average Bonchev–Trinajstić information content (AvgIpc) is 2.27. The molecule has 18 heavy (non-hydrogen) atoms. The molecule has 0 spiro atoms. The van der Waals surface area contributed by atoms with Crippen molar-refractivity contribution in [2.75, 3.05) is 0 Å². The molecule has 1 aromatic rings. The summed E-state index contributed by atoms with van der Waals surface area (Å²) in [6.07, 6.45) is 6.03. The Bertz CT molecular complexity index is 395. The first-order valence-electron chi connectivity index (χ1n) is 6.37. The van der Waals surface area contributed by atoms with Crippen molar-refractivity contribution in [3.8, 4) is 0 Å². The molecule has 1 rings (SSSR count). The van der Waals surface area contributed by atoms with Crippen LogP contribution in [0.1, 0.15) is 37.5 Å². The Balaban J connectivity index is 0.000000321. The Morgan fingerprint density at radius 1 is 0.889 bits per heavy atom. The largest absolute Gasteiger partial charge is 0.0988 e. The van der Waals surface area contributed by atoms with Gasteiger partial charge in [-0.05, 0) is 41.5 Å². The quantitative estimate of drug-likeness (QED) is 0.584. The van der Waals surface area contributed by atoms with Gasteiger partial charge >= 0.3 is 0 Å². The molecule has 0 aliphatic rings. The first-order chi connectivity index (χ1) is 8.38. The van der Waals surface area contributed by atoms with Crippen molar-refractivity contribution in [2.24, 2.45) is 0 Å². The predicted molar refractivity (Wildman–Crippen MR) is 84.0 cm³/mol. The van der Waals surface area contributed by atoms with Crippen molar-refractivity contribution >= 4 is 0 Å². The monoisotopic (exact) mass is 242 g/mol. The van der Waals surface area contributed by atoms with Crippen molar-refractivity contribution in [3.63, 3.8) is 0 Å². The van der Waals surface area contributed by atoms with E-state index in [1.165, 1.54) is 27.8 Å². The molecule has 0 saturated heterocycles. The predicted octanol–water partition coefficient (Wildman–Crippen LogP) is 5.70. The van der Waals surface area contributed by atoms with E-state index in [0.717, 1.165) is 0 Å². The molecule has 0 amide bonds. The lowest BCUT2D eigenvalue weighted by Gasteiger charge is -1.96. The topological polar surface area (TPSA) is 0 Å². The van der Waals surface area contributed by atoms with E-state index >= 15 is 0 Å². The highest BCUT2D eigenvalue weighted by Crippen LogP contribution is 2.06. The summed E-state index contributed by atoms with van der Waals surface area (Å²) in [4.78, 5) is 0. The van der Waals surface area contributed by atoms with Gasteiger partial charge < -0.3 is 0 Å². The molecular formula is C18H26. The Hall–Kier alpha value is -1.56. The van der Waals surface area contributed by atoms with Gasteiger partial charge in [-0.25, -0.2) is 0 Å². The maximum Gasteiger partial charge on any atom is -0.0398 e. The van der Waals surface area contributed by atoms with Crippen LogP contribution in [0.15, 0.2) is 54.2 Å². The minimum Gasteiger partial charge on any atom is -0.0988 e. The first kappa shape index (κ1) is 16.4. The van der Waals surface area contributed by atoms with Crippen molar-refractivity contribution in [2.45, 2.75) is 41.5 Å². The Morgan fingerprint density at radius 3 is 1.56 bits per heavy atom. The van der Waals surface area contributed by atoms with E-state index in [4.69, 9.17) is 0 Å². The van der Waals surface area contributed by atoms with E-state index in [1.807, 2.05) is 19.9 Å². The Morgan fingerprint density at radius 2 is 1.28 bits per heavy atom. The van der Waals surface area contributed by atoms with Gasteiger partial charge in [-0.1, -0.05) is 70.8 Å². The van der Waals surface area contributed by atoms with Crippen molar-refractivity contribution in [3.05, 3.63) is 70.8 Å². The molecule has 0 aliphatic carbocycles. The molecule has 1 aromatic carbocycles. The van der Waals surface area contributed by atoms with Gasteiger partial charge in [0.1, 0.15) is 0 Å². The van der Waals surface area contributed by atoms with E-state index in [1.54, 1.807) is 0 Å². The van der Waals surface area contributed by atoms with Crippen molar-refractivity contribution in [1.82, 2.24) is 0 Å². The summed E-state index contributed by atoms with van der Waals surface area (Å²) in [6.45, 7) is 16.2. The number of hydrogen-bond acceptors (Lipinski definition) is 0. The van der Waals surface area contributed by atoms with Gasteiger partial charge in [0.2, 0.25) is 0 Å². The van der Waals surface area contributed by atoms with E-state index in [-0.39, 0.29) is 0 Å². The third kappa shape index (κ3) is 7.67. The van der Waals surface area contributed by atoms with Crippen molar-refractivity contribution in [1.29, 1.82) is 0 Å². The van der Waals surface area contributed by atoms with Crippen LogP contribution in [0, 0.1) is 20.8 Å². The second kappa shape index (κ2) is 8.52. The zero-order chi connectivity index (χ0) is 14.1. The molecule has 0 saturated carbocycles. The molecule has 98 valence electrons. The molecule has 0 aliphatic heterocycles. The van der Waals surface area contributed by atoms with E-state index < -0.39 is 0 Å². The Kier molecular flexibility index (Phi) is 7.78. The van der Waals surface area contributed by atoms with Gasteiger partial charge in [-0.15, -0.1) is 0 Å². The summed E-state index contributed by atoms with van der Waals surface area (Å²) in [5.41, 5.74) is 6.56. The standard InChI is InChI=1S/C9H12.C9H14/c1-7-4-8(2)6-9(3)5-7;1-5-8(3)7-9(4)6-2/h4-6H,1-3H3;5-7H,1H2,2-4H3/b;8-7-,9-6-. The summed E-state index contributed by atoms with van der Waals surface area (Å²) in [7, 11) is 0. The SMILES string of the molecule is C=C/C(C)=C\C(C)=C/C.Cc1cc(C)cc(C)c1. The summed E-state index contributed by atoms with van der Waals surface area (Å²) in [5.74, 6) is 0. The highest BCUT2D eigenvalue weighted by molar-refractivity contribution is 5.27. The Labute approximate surface area is 113 Å². The van der Waals surface area contributed by atoms with E-state index in [2.05, 4.69) is 64.6 Å². The first-order valence-corrected chi connectivity index (χ1v) is 6.37. The fraction of sp³-hybridized carbons (Fsp3) is 0.333. The number of benzene rings is 1. The zero-order valence-electron chi connectivity index (χ0n) is 12.7. The second-order valence-corrected chi connectivity index (χ2v) is 4.79. The van der Waals surface area contributed by atoms with Gasteiger partial charge in [0.15, 0.2) is 0 Å². The number of allylic oxidation sites excluding steroid dienone is 5. The van der Waals surface area contributed by atoms with Crippen LogP contribution >= 0.6 is 0 Å². The fourth-order valence-corrected chi connectivity index (χ4v) is 1.70. The smallest absolute Gasteiger partial charge is 0.0398 e. The second-order valence-electron chi connectivity index (χ2n) is 4.79. The van der Waals surface area contributed by atoms with Gasteiger partial charge in [0.05, 0.1) is 0 Å². The normalized spacial score (nSPS) is 11.7. The van der Waals surface area contributed by atoms with Crippen LogP contribution < -0.4 is 0 Å². The van der Waals surface area contributed by atoms with Gasteiger partial charge in [-0.3, -0.25) is 0 Å². The molecule has 0 heterocycles. The zero-order valence-corrected chi connectivity index (χ0v) is 12.7. The van der Waals surface area contributed by atoms with E-state index in [0.29, 0.717) is 0 Å². The van der Waals surface area contributed by atoms with Crippen LogP contribution in [0.5, 0.6) is 0 Å². The highest BCUT2D eigenvalue weighted by Gasteiger charge is 1.87. The maximum atomic E-state index is 3.65. The molecule has 0 atom stereocenters. The van der Waals surface area contributed by atoms with Gasteiger partial charge in [0.25, 0.3) is 0 Å². The van der Waals surface area contributed by atoms with Crippen LogP contribution in [0.25, 0.3) is 0 Å². The van der Waals surface area contributed by atoms with Crippen LogP contribution in [0.3, 0.4) is 0 Å². The summed E-state index contributed by atoms with van der Waals surface area (Å²) < 4.78 is 0. The van der Waals surface area contributed by atoms with Crippen molar-refractivity contribution < 1.29 is 0 Å². The number of aryl methyl sites for hydroxylation is 3. The molecule has 0 heteroatoms. The molecule has 0 aromatic heterocycles. The molecular weight excluding hydrogens is 216 g/mol. The minimum atomic E-state index is 1.21. The van der Waals surface area contributed by atoms with Crippen LogP contribution in [-0.2, 0) is 0 Å². The molecule has 0 bridgehead atoms. The lowest BCUT2D eigenvalue weighted by molar-refractivity contribution is 1.32. The molecule has 0 fully saturated rings. The molecule has 0 N–H and O–H groups in total. The van der Waals surface area contributed by atoms with E-state index in [9.17, 15) is 0 Å².